The number of nitrogens with one attached hydrogen (secondary N) is 1. The summed E-state index contributed by atoms with van der Waals surface area (Å²) in [6.45, 7) is 5.05. The highest BCUT2D eigenvalue weighted by molar-refractivity contribution is 6.18. The van der Waals surface area contributed by atoms with Crippen LogP contribution in [0, 0.1) is 0 Å². The molecule has 2 aromatic rings. The largest absolute Gasteiger partial charge is 0.494 e. The maximum atomic E-state index is 12.5. The van der Waals surface area contributed by atoms with E-state index in [9.17, 15) is 9.59 Å². The average Bonchev–Trinajstić information content (AvgIpc) is 2.60. The van der Waals surface area contributed by atoms with Gasteiger partial charge in [0.25, 0.3) is 11.5 Å². The van der Waals surface area contributed by atoms with E-state index < -0.39 is 0 Å². The van der Waals surface area contributed by atoms with Crippen molar-refractivity contribution in [3.63, 3.8) is 0 Å². The molecule has 5 heteroatoms. The van der Waals surface area contributed by atoms with E-state index in [2.05, 4.69) is 5.32 Å². The molecule has 1 aromatic carbocycles. The molecule has 1 heterocycles. The van der Waals surface area contributed by atoms with Crippen molar-refractivity contribution in [3.8, 4) is 5.75 Å². The molecule has 0 unspecified atom stereocenters. The second-order valence-corrected chi connectivity index (χ2v) is 5.20. The van der Waals surface area contributed by atoms with Crippen molar-refractivity contribution in [2.75, 3.05) is 13.2 Å². The Morgan fingerprint density at radius 2 is 1.92 bits per heavy atom. The number of ether oxygens (including phenoxy) is 1. The van der Waals surface area contributed by atoms with E-state index in [4.69, 9.17) is 4.74 Å². The number of amides is 1. The van der Waals surface area contributed by atoms with Gasteiger partial charge in [-0.25, -0.2) is 0 Å². The number of carbonyl (C=O) groups is 1. The molecule has 126 valence electrons. The van der Waals surface area contributed by atoms with Gasteiger partial charge in [0.05, 0.1) is 6.61 Å². The minimum Gasteiger partial charge on any atom is -0.494 e. The lowest BCUT2D eigenvalue weighted by Crippen LogP contribution is -2.31. The lowest BCUT2D eigenvalue weighted by atomic mass is 10.1. The summed E-state index contributed by atoms with van der Waals surface area (Å²) in [6.07, 6.45) is 4.11. The summed E-state index contributed by atoms with van der Waals surface area (Å²) in [7, 11) is 0. The van der Waals surface area contributed by atoms with Crippen molar-refractivity contribution >= 4 is 17.7 Å². The molecule has 1 N–H and O–H groups in total. The zero-order chi connectivity index (χ0) is 17.4. The number of benzene rings is 1. The zero-order valence-electron chi connectivity index (χ0n) is 14.0. The lowest BCUT2D eigenvalue weighted by molar-refractivity contribution is -0.115. The Kier molecular flexibility index (Phi) is 6.37. The Bertz CT molecular complexity index is 761. The summed E-state index contributed by atoms with van der Waals surface area (Å²) in [5, 5.41) is 2.82. The highest BCUT2D eigenvalue weighted by Gasteiger charge is 2.12. The summed E-state index contributed by atoms with van der Waals surface area (Å²) < 4.78 is 6.76. The van der Waals surface area contributed by atoms with Crippen LogP contribution in [0.2, 0.25) is 0 Å². The molecule has 2 rings (SSSR count). The molecule has 24 heavy (non-hydrogen) atoms. The van der Waals surface area contributed by atoms with Crippen molar-refractivity contribution in [2.45, 2.75) is 20.3 Å². The first-order valence-electron chi connectivity index (χ1n) is 8.06. The summed E-state index contributed by atoms with van der Waals surface area (Å²) in [5.74, 6) is 0.488. The minimum absolute atomic E-state index is 0.249. The molecule has 0 bridgehead atoms. The molecule has 0 aliphatic rings. The van der Waals surface area contributed by atoms with Crippen molar-refractivity contribution in [3.05, 3.63) is 64.6 Å². The number of rotatable bonds is 7. The normalized spacial score (nSPS) is 11.2. The van der Waals surface area contributed by atoms with Gasteiger partial charge in [-0.2, -0.15) is 0 Å². The van der Waals surface area contributed by atoms with E-state index in [0.29, 0.717) is 18.8 Å². The van der Waals surface area contributed by atoms with Gasteiger partial charge < -0.3 is 10.1 Å². The number of pyridine rings is 1. The molecule has 0 aliphatic carbocycles. The van der Waals surface area contributed by atoms with Gasteiger partial charge in [0, 0.05) is 18.8 Å². The number of carbonyl (C=O) groups excluding carboxylic acids is 1. The fourth-order valence-corrected chi connectivity index (χ4v) is 2.18. The standard InChI is InChI=1S/C19H22N2O3/c1-3-12-20-19(23)17(21-13-6-5-7-18(21)22)14-15-8-10-16(11-9-15)24-4-2/h5-11,13-14H,3-4,12H2,1-2H3,(H,20,23). The van der Waals surface area contributed by atoms with Crippen molar-refractivity contribution in [1.29, 1.82) is 0 Å². The van der Waals surface area contributed by atoms with E-state index >= 15 is 0 Å². The quantitative estimate of drug-likeness (QED) is 0.796. The molecule has 0 radical (unpaired) electrons. The lowest BCUT2D eigenvalue weighted by Gasteiger charge is -2.11. The molecule has 1 amide bonds. The first-order valence-corrected chi connectivity index (χ1v) is 8.06. The SMILES string of the molecule is CCCNC(=O)C(=Cc1ccc(OCC)cc1)n1ccccc1=O. The number of hydrogen-bond acceptors (Lipinski definition) is 3. The molecular weight excluding hydrogens is 304 g/mol. The highest BCUT2D eigenvalue weighted by Crippen LogP contribution is 2.16. The zero-order valence-corrected chi connectivity index (χ0v) is 14.0. The molecule has 0 fully saturated rings. The third kappa shape index (κ3) is 4.59. The molecule has 1 aromatic heterocycles. The predicted octanol–water partition coefficient (Wildman–Crippen LogP) is 2.77. The molecule has 0 saturated heterocycles. The first-order chi connectivity index (χ1) is 11.7. The summed E-state index contributed by atoms with van der Waals surface area (Å²) in [5.41, 5.74) is 0.857. The van der Waals surface area contributed by atoms with Crippen molar-refractivity contribution < 1.29 is 9.53 Å². The molecule has 0 aliphatic heterocycles. The van der Waals surface area contributed by atoms with E-state index in [1.54, 1.807) is 24.4 Å². The van der Waals surface area contributed by atoms with Crippen LogP contribution in [-0.4, -0.2) is 23.6 Å². The highest BCUT2D eigenvalue weighted by atomic mass is 16.5. The van der Waals surface area contributed by atoms with E-state index in [0.717, 1.165) is 17.7 Å². The molecule has 0 saturated carbocycles. The topological polar surface area (TPSA) is 60.3 Å². The monoisotopic (exact) mass is 326 g/mol. The van der Waals surface area contributed by atoms with Crippen LogP contribution in [0.25, 0.3) is 11.8 Å². The fraction of sp³-hybridized carbons (Fsp3) is 0.263. The Balaban J connectivity index is 2.39. The van der Waals surface area contributed by atoms with Crippen LogP contribution in [0.4, 0.5) is 0 Å². The second kappa shape index (κ2) is 8.72. The molecule has 5 nitrogen and oxygen atoms in total. The average molecular weight is 326 g/mol. The Hall–Kier alpha value is -2.82. The fourth-order valence-electron chi connectivity index (χ4n) is 2.18. The second-order valence-electron chi connectivity index (χ2n) is 5.20. The van der Waals surface area contributed by atoms with Gasteiger partial charge in [-0.05, 0) is 43.2 Å². The first kappa shape index (κ1) is 17.5. The van der Waals surface area contributed by atoms with Crippen LogP contribution in [-0.2, 0) is 4.79 Å². The van der Waals surface area contributed by atoms with Gasteiger partial charge in [0.15, 0.2) is 0 Å². The number of nitrogens with zero attached hydrogens (tertiary/aromatic N) is 1. The van der Waals surface area contributed by atoms with Gasteiger partial charge in [0.2, 0.25) is 0 Å². The van der Waals surface area contributed by atoms with E-state index in [1.807, 2.05) is 38.1 Å². The Labute approximate surface area is 141 Å². The van der Waals surface area contributed by atoms with Crippen LogP contribution in [0.1, 0.15) is 25.8 Å². The molecule has 0 spiro atoms. The van der Waals surface area contributed by atoms with Crippen molar-refractivity contribution in [2.24, 2.45) is 0 Å². The molecule has 0 atom stereocenters. The van der Waals surface area contributed by atoms with Gasteiger partial charge >= 0.3 is 0 Å². The number of aromatic nitrogens is 1. The number of hydrogen-bond donors (Lipinski definition) is 1. The predicted molar refractivity (Wildman–Crippen MR) is 95.8 cm³/mol. The van der Waals surface area contributed by atoms with Crippen LogP contribution in [0.5, 0.6) is 5.75 Å². The summed E-state index contributed by atoms with van der Waals surface area (Å²) in [6, 6.07) is 12.2. The van der Waals surface area contributed by atoms with Crippen LogP contribution < -0.4 is 15.6 Å². The minimum atomic E-state index is -0.279. The van der Waals surface area contributed by atoms with Crippen LogP contribution in [0.3, 0.4) is 0 Å². The van der Waals surface area contributed by atoms with Gasteiger partial charge in [-0.3, -0.25) is 14.2 Å². The third-order valence-electron chi connectivity index (χ3n) is 3.34. The smallest absolute Gasteiger partial charge is 0.268 e. The van der Waals surface area contributed by atoms with E-state index in [1.165, 1.54) is 10.6 Å². The van der Waals surface area contributed by atoms with Gasteiger partial charge in [0.1, 0.15) is 11.4 Å². The van der Waals surface area contributed by atoms with Crippen LogP contribution in [0.15, 0.2) is 53.5 Å². The van der Waals surface area contributed by atoms with Gasteiger partial charge in [-0.15, -0.1) is 0 Å². The van der Waals surface area contributed by atoms with Crippen molar-refractivity contribution in [1.82, 2.24) is 9.88 Å². The van der Waals surface area contributed by atoms with Gasteiger partial charge in [-0.1, -0.05) is 25.1 Å². The summed E-state index contributed by atoms with van der Waals surface area (Å²) in [4.78, 5) is 24.6. The molecular formula is C19H22N2O3. The van der Waals surface area contributed by atoms with E-state index in [-0.39, 0.29) is 11.5 Å². The maximum absolute atomic E-state index is 12.5. The third-order valence-corrected chi connectivity index (χ3v) is 3.34. The van der Waals surface area contributed by atoms with Crippen LogP contribution >= 0.6 is 0 Å². The maximum Gasteiger partial charge on any atom is 0.268 e. The Morgan fingerprint density at radius 1 is 1.17 bits per heavy atom. The Morgan fingerprint density at radius 3 is 2.54 bits per heavy atom. The summed E-state index contributed by atoms with van der Waals surface area (Å²) >= 11 is 0.